The molecule has 1 atom stereocenters. The van der Waals surface area contributed by atoms with E-state index in [2.05, 4.69) is 5.32 Å². The highest BCUT2D eigenvalue weighted by Gasteiger charge is 2.19. The van der Waals surface area contributed by atoms with Crippen molar-refractivity contribution in [2.45, 2.75) is 32.8 Å². The van der Waals surface area contributed by atoms with Crippen LogP contribution in [0.3, 0.4) is 0 Å². The highest BCUT2D eigenvalue weighted by Crippen LogP contribution is 2.28. The maximum Gasteiger partial charge on any atom is 0.306 e. The van der Waals surface area contributed by atoms with E-state index in [1.54, 1.807) is 32.4 Å². The van der Waals surface area contributed by atoms with Crippen molar-refractivity contribution >= 4 is 17.6 Å². The van der Waals surface area contributed by atoms with Crippen LogP contribution in [0, 0.1) is 6.92 Å². The van der Waals surface area contributed by atoms with Crippen molar-refractivity contribution in [3.8, 4) is 17.2 Å². The molecule has 0 fully saturated rings. The van der Waals surface area contributed by atoms with Gasteiger partial charge in [0.25, 0.3) is 5.91 Å². The molecule has 2 aromatic rings. The topological polar surface area (TPSA) is 83.1 Å². The molecule has 0 saturated heterocycles. The molecule has 0 spiro atoms. The summed E-state index contributed by atoms with van der Waals surface area (Å²) in [5.41, 5.74) is 2.41. The quantitative estimate of drug-likeness (QED) is 0.648. The van der Waals surface area contributed by atoms with Crippen molar-refractivity contribution in [2.24, 2.45) is 0 Å². The lowest BCUT2D eigenvalue weighted by molar-refractivity contribution is -0.153. The molecule has 0 saturated carbocycles. The van der Waals surface area contributed by atoms with Gasteiger partial charge in [0.05, 0.1) is 27.0 Å². The van der Waals surface area contributed by atoms with Gasteiger partial charge in [0.1, 0.15) is 5.75 Å². The minimum Gasteiger partial charge on any atom is -0.495 e. The van der Waals surface area contributed by atoms with Crippen LogP contribution in [0.5, 0.6) is 17.2 Å². The first-order valence-electron chi connectivity index (χ1n) is 9.23. The van der Waals surface area contributed by atoms with Gasteiger partial charge in [0.15, 0.2) is 17.6 Å². The summed E-state index contributed by atoms with van der Waals surface area (Å²) in [6.45, 7) is 3.44. The number of benzene rings is 2. The van der Waals surface area contributed by atoms with Crippen LogP contribution < -0.4 is 19.5 Å². The van der Waals surface area contributed by atoms with Gasteiger partial charge in [0, 0.05) is 6.42 Å². The fourth-order valence-corrected chi connectivity index (χ4v) is 2.75. The smallest absolute Gasteiger partial charge is 0.306 e. The lowest BCUT2D eigenvalue weighted by atomic mass is 10.1. The molecule has 0 aliphatic carbocycles. The summed E-state index contributed by atoms with van der Waals surface area (Å²) < 4.78 is 21.0. The number of nitrogens with one attached hydrogen (secondary N) is 1. The molecule has 2 rings (SSSR count). The van der Waals surface area contributed by atoms with Crippen molar-refractivity contribution in [1.82, 2.24) is 0 Å². The fraction of sp³-hybridized carbons (Fsp3) is 0.364. The second-order valence-electron chi connectivity index (χ2n) is 6.51. The molecule has 0 bridgehead atoms. The van der Waals surface area contributed by atoms with E-state index >= 15 is 0 Å². The van der Waals surface area contributed by atoms with Gasteiger partial charge in [0.2, 0.25) is 0 Å². The Bertz CT molecular complexity index is 864. The number of carbonyl (C=O) groups is 2. The zero-order valence-corrected chi connectivity index (χ0v) is 17.4. The summed E-state index contributed by atoms with van der Waals surface area (Å²) >= 11 is 0. The number of methoxy groups -OCH3 is 3. The second kappa shape index (κ2) is 10.4. The first kappa shape index (κ1) is 22.1. The van der Waals surface area contributed by atoms with Gasteiger partial charge >= 0.3 is 5.97 Å². The van der Waals surface area contributed by atoms with Crippen LogP contribution in [0.25, 0.3) is 0 Å². The molecular formula is C22H27NO6. The summed E-state index contributed by atoms with van der Waals surface area (Å²) in [6, 6.07) is 10.9. The molecule has 0 unspecified atom stereocenters. The zero-order chi connectivity index (χ0) is 21.4. The van der Waals surface area contributed by atoms with Crippen LogP contribution in [0.4, 0.5) is 5.69 Å². The Labute approximate surface area is 170 Å². The molecule has 156 valence electrons. The first-order chi connectivity index (χ1) is 13.9. The van der Waals surface area contributed by atoms with Crippen LogP contribution in [0.2, 0.25) is 0 Å². The van der Waals surface area contributed by atoms with Crippen molar-refractivity contribution in [1.29, 1.82) is 0 Å². The SMILES string of the molecule is COc1ccc(C)cc1NC(=O)[C@H](C)OC(=O)CCc1ccc(OC)c(OC)c1. The van der Waals surface area contributed by atoms with Crippen LogP contribution in [-0.2, 0) is 20.7 Å². The van der Waals surface area contributed by atoms with Crippen LogP contribution >= 0.6 is 0 Å². The number of ether oxygens (including phenoxy) is 4. The third kappa shape index (κ3) is 6.14. The maximum absolute atomic E-state index is 12.4. The summed E-state index contributed by atoms with van der Waals surface area (Å²) in [6.07, 6.45) is -0.335. The molecule has 7 heteroatoms. The molecule has 2 aromatic carbocycles. The molecule has 0 heterocycles. The Morgan fingerprint density at radius 3 is 2.24 bits per heavy atom. The van der Waals surface area contributed by atoms with E-state index in [9.17, 15) is 9.59 Å². The summed E-state index contributed by atoms with van der Waals surface area (Å²) in [5, 5.41) is 2.74. The number of esters is 1. The summed E-state index contributed by atoms with van der Waals surface area (Å²) in [5.74, 6) is 0.872. The van der Waals surface area contributed by atoms with E-state index in [1.165, 1.54) is 14.0 Å². The molecule has 0 radical (unpaired) electrons. The van der Waals surface area contributed by atoms with Crippen molar-refractivity contribution in [3.63, 3.8) is 0 Å². The molecule has 0 aromatic heterocycles. The number of hydrogen-bond acceptors (Lipinski definition) is 6. The van der Waals surface area contributed by atoms with Gasteiger partial charge in [-0.1, -0.05) is 12.1 Å². The summed E-state index contributed by atoms with van der Waals surface area (Å²) in [4.78, 5) is 24.5. The Balaban J connectivity index is 1.90. The van der Waals surface area contributed by atoms with Crippen molar-refractivity contribution in [2.75, 3.05) is 26.6 Å². The van der Waals surface area contributed by atoms with E-state index in [0.29, 0.717) is 29.4 Å². The van der Waals surface area contributed by atoms with Gasteiger partial charge in [-0.05, 0) is 55.7 Å². The normalized spacial score (nSPS) is 11.3. The molecule has 29 heavy (non-hydrogen) atoms. The average molecular weight is 401 g/mol. The molecule has 7 nitrogen and oxygen atoms in total. The third-order valence-electron chi connectivity index (χ3n) is 4.36. The molecule has 0 aliphatic rings. The molecule has 0 aliphatic heterocycles. The maximum atomic E-state index is 12.4. The van der Waals surface area contributed by atoms with E-state index in [-0.39, 0.29) is 6.42 Å². The Morgan fingerprint density at radius 1 is 0.931 bits per heavy atom. The monoisotopic (exact) mass is 401 g/mol. The highest BCUT2D eigenvalue weighted by molar-refractivity contribution is 5.96. The Hall–Kier alpha value is -3.22. The van der Waals surface area contributed by atoms with Gasteiger partial charge in [-0.3, -0.25) is 9.59 Å². The predicted octanol–water partition coefficient (Wildman–Crippen LogP) is 3.52. The number of carbonyl (C=O) groups excluding carboxylic acids is 2. The van der Waals surface area contributed by atoms with Gasteiger partial charge < -0.3 is 24.3 Å². The minimum atomic E-state index is -0.932. The number of amides is 1. The van der Waals surface area contributed by atoms with E-state index < -0.39 is 18.0 Å². The van der Waals surface area contributed by atoms with Crippen LogP contribution in [0.1, 0.15) is 24.5 Å². The molecule has 1 amide bonds. The average Bonchev–Trinajstić information content (AvgIpc) is 2.72. The number of anilines is 1. The summed E-state index contributed by atoms with van der Waals surface area (Å²) in [7, 11) is 4.64. The Morgan fingerprint density at radius 2 is 1.59 bits per heavy atom. The van der Waals surface area contributed by atoms with Crippen LogP contribution in [-0.4, -0.2) is 39.3 Å². The van der Waals surface area contributed by atoms with Crippen molar-refractivity contribution in [3.05, 3.63) is 47.5 Å². The lowest BCUT2D eigenvalue weighted by Gasteiger charge is -2.16. The third-order valence-corrected chi connectivity index (χ3v) is 4.36. The predicted molar refractivity (Wildman–Crippen MR) is 110 cm³/mol. The van der Waals surface area contributed by atoms with Gasteiger partial charge in [-0.15, -0.1) is 0 Å². The molecule has 1 N–H and O–H groups in total. The van der Waals surface area contributed by atoms with Gasteiger partial charge in [-0.2, -0.15) is 0 Å². The second-order valence-corrected chi connectivity index (χ2v) is 6.51. The lowest BCUT2D eigenvalue weighted by Crippen LogP contribution is -2.30. The zero-order valence-electron chi connectivity index (χ0n) is 17.4. The number of rotatable bonds is 9. The van der Waals surface area contributed by atoms with Gasteiger partial charge in [-0.25, -0.2) is 0 Å². The molecular weight excluding hydrogens is 374 g/mol. The first-order valence-corrected chi connectivity index (χ1v) is 9.23. The number of hydrogen-bond donors (Lipinski definition) is 1. The number of aryl methyl sites for hydroxylation is 2. The van der Waals surface area contributed by atoms with E-state index in [0.717, 1.165) is 11.1 Å². The van der Waals surface area contributed by atoms with Crippen LogP contribution in [0.15, 0.2) is 36.4 Å². The van der Waals surface area contributed by atoms with E-state index in [4.69, 9.17) is 18.9 Å². The Kier molecular flexibility index (Phi) is 7.88. The van der Waals surface area contributed by atoms with E-state index in [1.807, 2.05) is 25.1 Å². The fourth-order valence-electron chi connectivity index (χ4n) is 2.75. The van der Waals surface area contributed by atoms with Crippen molar-refractivity contribution < 1.29 is 28.5 Å². The standard InChI is InChI=1S/C22H27NO6/c1-14-6-9-18(26-3)17(12-14)23-22(25)15(2)29-21(24)11-8-16-7-10-19(27-4)20(13-16)28-5/h6-7,9-10,12-13,15H,8,11H2,1-5H3,(H,23,25)/t15-/m0/s1. The largest absolute Gasteiger partial charge is 0.495 e. The highest BCUT2D eigenvalue weighted by atomic mass is 16.5. The minimum absolute atomic E-state index is 0.140.